The van der Waals surface area contributed by atoms with Gasteiger partial charge in [-0.1, -0.05) is 182 Å². The van der Waals surface area contributed by atoms with Crippen molar-refractivity contribution in [3.05, 3.63) is 0 Å². The van der Waals surface area contributed by atoms with Gasteiger partial charge in [0.2, 0.25) is 0 Å². The van der Waals surface area contributed by atoms with E-state index in [0.717, 1.165) is 42.9 Å². The predicted molar refractivity (Wildman–Crippen MR) is 202 cm³/mol. The minimum Gasteiger partial charge on any atom is -0.466 e. The van der Waals surface area contributed by atoms with Gasteiger partial charge in [0.25, 0.3) is 0 Å². The molecule has 4 unspecified atom stereocenters. The van der Waals surface area contributed by atoms with Crippen LogP contribution in [0.25, 0.3) is 0 Å². The third-order valence-electron chi connectivity index (χ3n) is 11.1. The van der Waals surface area contributed by atoms with Crippen LogP contribution in [0.5, 0.6) is 0 Å². The van der Waals surface area contributed by atoms with E-state index in [4.69, 9.17) is 9.47 Å². The molecule has 0 aromatic carbocycles. The average Bonchev–Trinajstić information content (AvgIpc) is 3.07. The van der Waals surface area contributed by atoms with Crippen LogP contribution in [0.2, 0.25) is 0 Å². The van der Waals surface area contributed by atoms with Crippen LogP contribution in [-0.2, 0) is 19.1 Å². The lowest BCUT2D eigenvalue weighted by Gasteiger charge is -2.42. The minimum atomic E-state index is -0.0629. The number of ether oxygens (including phenoxy) is 2. The Morgan fingerprint density at radius 2 is 0.723 bits per heavy atom. The van der Waals surface area contributed by atoms with Gasteiger partial charge in [-0.15, -0.1) is 0 Å². The predicted octanol–water partition coefficient (Wildman–Crippen LogP) is 13.7. The van der Waals surface area contributed by atoms with Crippen molar-refractivity contribution in [3.8, 4) is 0 Å². The number of rotatable bonds is 33. The third-order valence-corrected chi connectivity index (χ3v) is 11.1. The molecule has 1 aliphatic carbocycles. The van der Waals surface area contributed by atoms with Gasteiger partial charge in [-0.3, -0.25) is 9.59 Å². The summed E-state index contributed by atoms with van der Waals surface area (Å²) in [7, 11) is 0. The first-order valence-electron chi connectivity index (χ1n) is 21.4. The maximum atomic E-state index is 11.5. The molecule has 0 amide bonds. The highest BCUT2D eigenvalue weighted by Crippen LogP contribution is 2.46. The number of esters is 2. The maximum Gasteiger partial charge on any atom is 0.305 e. The monoisotopic (exact) mass is 663 g/mol. The lowest BCUT2D eigenvalue weighted by molar-refractivity contribution is -0.144. The Labute approximate surface area is 294 Å². The van der Waals surface area contributed by atoms with Crippen molar-refractivity contribution in [1.82, 2.24) is 0 Å². The highest BCUT2D eigenvalue weighted by atomic mass is 16.5. The molecule has 1 saturated carbocycles. The largest absolute Gasteiger partial charge is 0.466 e. The Kier molecular flexibility index (Phi) is 30.1. The molecule has 0 N–H and O–H groups in total. The average molecular weight is 663 g/mol. The van der Waals surface area contributed by atoms with E-state index in [-0.39, 0.29) is 11.9 Å². The van der Waals surface area contributed by atoms with E-state index in [1.54, 1.807) is 0 Å². The van der Waals surface area contributed by atoms with Crippen LogP contribution >= 0.6 is 0 Å². The van der Waals surface area contributed by atoms with Gasteiger partial charge in [0.05, 0.1) is 13.2 Å². The molecule has 0 aromatic rings. The van der Waals surface area contributed by atoms with E-state index in [0.29, 0.717) is 26.1 Å². The zero-order valence-electron chi connectivity index (χ0n) is 32.3. The zero-order valence-corrected chi connectivity index (χ0v) is 32.3. The number of carbonyl (C=O) groups excluding carboxylic acids is 2. The molecule has 1 rings (SSSR count). The van der Waals surface area contributed by atoms with Crippen LogP contribution in [-0.4, -0.2) is 25.2 Å². The highest BCUT2D eigenvalue weighted by Gasteiger charge is 2.35. The molecular formula is C43H82O4. The van der Waals surface area contributed by atoms with E-state index in [9.17, 15) is 9.59 Å². The molecule has 4 atom stereocenters. The van der Waals surface area contributed by atoms with Crippen molar-refractivity contribution >= 4 is 11.9 Å². The lowest BCUT2D eigenvalue weighted by Crippen LogP contribution is -2.32. The first kappa shape index (κ1) is 44.0. The summed E-state index contributed by atoms with van der Waals surface area (Å²) in [6.45, 7) is 9.79. The molecule has 0 spiro atoms. The molecule has 4 heteroatoms. The van der Waals surface area contributed by atoms with Gasteiger partial charge in [-0.25, -0.2) is 0 Å². The maximum absolute atomic E-state index is 11.5. The van der Waals surface area contributed by atoms with Gasteiger partial charge in [-0.05, 0) is 55.8 Å². The molecule has 0 bridgehead atoms. The number of hydrogen-bond acceptors (Lipinski definition) is 4. The SMILES string of the molecule is CCCCCCCC1CC(CCCCCCCCCOC(=O)CCC)C(CCCCCCCCCOC(=O)CC)CC1CCCCC. The summed E-state index contributed by atoms with van der Waals surface area (Å²) in [4.78, 5) is 22.8. The minimum absolute atomic E-state index is 0.0283. The molecule has 1 aliphatic rings. The summed E-state index contributed by atoms with van der Waals surface area (Å²) in [6.07, 6.45) is 40.2. The summed E-state index contributed by atoms with van der Waals surface area (Å²) in [5.74, 6) is 3.80. The van der Waals surface area contributed by atoms with Crippen molar-refractivity contribution in [1.29, 1.82) is 0 Å². The van der Waals surface area contributed by atoms with Crippen LogP contribution in [0.3, 0.4) is 0 Å². The molecule has 0 radical (unpaired) electrons. The molecule has 47 heavy (non-hydrogen) atoms. The summed E-state index contributed by atoms with van der Waals surface area (Å²) in [5.41, 5.74) is 0. The van der Waals surface area contributed by atoms with Gasteiger partial charge >= 0.3 is 11.9 Å². The van der Waals surface area contributed by atoms with Crippen molar-refractivity contribution in [2.45, 2.75) is 227 Å². The summed E-state index contributed by atoms with van der Waals surface area (Å²) >= 11 is 0. The Morgan fingerprint density at radius 1 is 0.404 bits per heavy atom. The molecule has 278 valence electrons. The van der Waals surface area contributed by atoms with Gasteiger partial charge < -0.3 is 9.47 Å². The second kappa shape index (κ2) is 32.2. The Morgan fingerprint density at radius 3 is 1.11 bits per heavy atom. The van der Waals surface area contributed by atoms with Crippen LogP contribution in [0.4, 0.5) is 0 Å². The number of hydrogen-bond donors (Lipinski definition) is 0. The Balaban J connectivity index is 2.49. The standard InChI is InChI=1S/C43H82O4/c1-5-9-11-18-24-31-39-37-41(33-26-20-15-13-17-22-28-35-47-43(45)29-7-3)40(36-38(39)30-23-10-6-2)32-25-19-14-12-16-21-27-34-46-42(44)8-4/h38-41H,5-37H2,1-4H3. The van der Waals surface area contributed by atoms with Crippen LogP contribution < -0.4 is 0 Å². The summed E-state index contributed by atoms with van der Waals surface area (Å²) < 4.78 is 10.5. The van der Waals surface area contributed by atoms with Crippen molar-refractivity contribution in [3.63, 3.8) is 0 Å². The molecule has 0 heterocycles. The first-order valence-corrected chi connectivity index (χ1v) is 21.4. The first-order chi connectivity index (χ1) is 23.0. The molecule has 0 aliphatic heterocycles. The van der Waals surface area contributed by atoms with Crippen LogP contribution in [0.1, 0.15) is 227 Å². The Bertz CT molecular complexity index is 706. The van der Waals surface area contributed by atoms with E-state index in [1.807, 2.05) is 13.8 Å². The lowest BCUT2D eigenvalue weighted by atomic mass is 9.63. The van der Waals surface area contributed by atoms with Gasteiger partial charge in [-0.2, -0.15) is 0 Å². The fraction of sp³-hybridized carbons (Fsp3) is 0.953. The Hall–Kier alpha value is -1.06. The second-order valence-electron chi connectivity index (χ2n) is 15.3. The summed E-state index contributed by atoms with van der Waals surface area (Å²) in [6, 6.07) is 0. The van der Waals surface area contributed by atoms with E-state index >= 15 is 0 Å². The fourth-order valence-electron chi connectivity index (χ4n) is 8.16. The number of unbranched alkanes of at least 4 members (excludes halogenated alkanes) is 18. The topological polar surface area (TPSA) is 52.6 Å². The normalized spacial score (nSPS) is 19.6. The molecule has 4 nitrogen and oxygen atoms in total. The molecular weight excluding hydrogens is 580 g/mol. The van der Waals surface area contributed by atoms with Crippen molar-refractivity contribution < 1.29 is 19.1 Å². The van der Waals surface area contributed by atoms with Crippen molar-refractivity contribution in [2.75, 3.05) is 13.2 Å². The van der Waals surface area contributed by atoms with Crippen LogP contribution in [0.15, 0.2) is 0 Å². The van der Waals surface area contributed by atoms with Gasteiger partial charge in [0.1, 0.15) is 0 Å². The molecule has 0 saturated heterocycles. The molecule has 0 aromatic heterocycles. The van der Waals surface area contributed by atoms with Gasteiger partial charge in [0, 0.05) is 12.8 Å². The third kappa shape index (κ3) is 24.7. The van der Waals surface area contributed by atoms with Crippen LogP contribution in [0, 0.1) is 23.7 Å². The quantitative estimate of drug-likeness (QED) is 0.0518. The fourth-order valence-corrected chi connectivity index (χ4v) is 8.16. The van der Waals surface area contributed by atoms with Gasteiger partial charge in [0.15, 0.2) is 0 Å². The zero-order chi connectivity index (χ0) is 34.2. The molecule has 1 fully saturated rings. The number of carbonyl (C=O) groups is 2. The van der Waals surface area contributed by atoms with E-state index in [1.165, 1.54) is 167 Å². The second-order valence-corrected chi connectivity index (χ2v) is 15.3. The van der Waals surface area contributed by atoms with E-state index in [2.05, 4.69) is 13.8 Å². The highest BCUT2D eigenvalue weighted by molar-refractivity contribution is 5.69. The van der Waals surface area contributed by atoms with Crippen molar-refractivity contribution in [2.24, 2.45) is 23.7 Å². The summed E-state index contributed by atoms with van der Waals surface area (Å²) in [5, 5.41) is 0. The smallest absolute Gasteiger partial charge is 0.305 e. The van der Waals surface area contributed by atoms with E-state index < -0.39 is 0 Å².